The number of carbonyl (C=O) groups excluding carboxylic acids is 1. The third-order valence-electron chi connectivity index (χ3n) is 3.59. The minimum Gasteiger partial charge on any atom is -0.341 e. The van der Waals surface area contributed by atoms with Gasteiger partial charge in [-0.2, -0.15) is 0 Å². The van der Waals surface area contributed by atoms with Crippen molar-refractivity contribution in [1.29, 1.82) is 0 Å². The normalized spacial score (nSPS) is 33.7. The Morgan fingerprint density at radius 3 is 2.80 bits per heavy atom. The Labute approximate surface area is 97.0 Å². The van der Waals surface area contributed by atoms with E-state index in [1.54, 1.807) is 7.05 Å². The van der Waals surface area contributed by atoms with E-state index in [4.69, 9.17) is 5.73 Å². The molecule has 3 N–H and O–H groups in total. The lowest BCUT2D eigenvalue weighted by molar-refractivity contribution is -0.129. The number of nitrogens with one attached hydrogen (secondary N) is 1. The first-order valence-corrected chi connectivity index (χ1v) is 5.40. The van der Waals surface area contributed by atoms with E-state index >= 15 is 0 Å². The number of hydrogen-bond donors (Lipinski definition) is 2. The number of hydrogen-bond acceptors (Lipinski definition) is 3. The van der Waals surface area contributed by atoms with Crippen LogP contribution in [0.1, 0.15) is 12.8 Å². The maximum absolute atomic E-state index is 11.6. The van der Waals surface area contributed by atoms with Crippen LogP contribution >= 0.6 is 12.4 Å². The largest absolute Gasteiger partial charge is 0.341 e. The van der Waals surface area contributed by atoms with Crippen LogP contribution in [0.5, 0.6) is 0 Å². The highest BCUT2D eigenvalue weighted by Gasteiger charge is 2.42. The van der Waals surface area contributed by atoms with Crippen LogP contribution in [0.25, 0.3) is 0 Å². The SMILES string of the molecule is CNCC(=O)N1CC2CCC(N)C2C1.Cl. The van der Waals surface area contributed by atoms with E-state index in [1.807, 2.05) is 4.90 Å². The second-order valence-corrected chi connectivity index (χ2v) is 4.49. The first kappa shape index (κ1) is 12.7. The lowest BCUT2D eigenvalue weighted by Crippen LogP contribution is -2.37. The quantitative estimate of drug-likeness (QED) is 0.696. The molecule has 0 aromatic rings. The summed E-state index contributed by atoms with van der Waals surface area (Å²) >= 11 is 0. The highest BCUT2D eigenvalue weighted by Crippen LogP contribution is 2.36. The molecule has 15 heavy (non-hydrogen) atoms. The number of amides is 1. The number of halogens is 1. The van der Waals surface area contributed by atoms with Crippen LogP contribution in [0.4, 0.5) is 0 Å². The zero-order valence-corrected chi connectivity index (χ0v) is 9.93. The molecule has 5 heteroatoms. The zero-order chi connectivity index (χ0) is 10.1. The fraction of sp³-hybridized carbons (Fsp3) is 0.900. The summed E-state index contributed by atoms with van der Waals surface area (Å²) in [6.07, 6.45) is 2.35. The van der Waals surface area contributed by atoms with E-state index in [9.17, 15) is 4.79 Å². The van der Waals surface area contributed by atoms with Crippen LogP contribution in [-0.4, -0.2) is 43.5 Å². The molecule has 2 aliphatic rings. The van der Waals surface area contributed by atoms with Gasteiger partial charge in [-0.05, 0) is 31.7 Å². The molecule has 1 aliphatic heterocycles. The van der Waals surface area contributed by atoms with Gasteiger partial charge >= 0.3 is 0 Å². The van der Waals surface area contributed by atoms with Gasteiger partial charge in [0, 0.05) is 19.1 Å². The smallest absolute Gasteiger partial charge is 0.236 e. The van der Waals surface area contributed by atoms with Crippen LogP contribution in [0, 0.1) is 11.8 Å². The van der Waals surface area contributed by atoms with Gasteiger partial charge in [0.1, 0.15) is 0 Å². The summed E-state index contributed by atoms with van der Waals surface area (Å²) in [4.78, 5) is 13.6. The highest BCUT2D eigenvalue weighted by molar-refractivity contribution is 5.85. The molecule has 4 nitrogen and oxygen atoms in total. The van der Waals surface area contributed by atoms with Gasteiger partial charge in [-0.25, -0.2) is 0 Å². The minimum atomic E-state index is 0. The summed E-state index contributed by atoms with van der Waals surface area (Å²) in [6.45, 7) is 2.26. The first-order valence-electron chi connectivity index (χ1n) is 5.40. The van der Waals surface area contributed by atoms with Crippen LogP contribution in [0.2, 0.25) is 0 Å². The molecule has 0 aromatic carbocycles. The number of fused-ring (bicyclic) bond motifs is 1. The molecule has 1 saturated carbocycles. The second-order valence-electron chi connectivity index (χ2n) is 4.49. The lowest BCUT2D eigenvalue weighted by Gasteiger charge is -2.18. The van der Waals surface area contributed by atoms with E-state index in [0.717, 1.165) is 19.5 Å². The summed E-state index contributed by atoms with van der Waals surface area (Å²) in [5.74, 6) is 1.45. The van der Waals surface area contributed by atoms with Crippen molar-refractivity contribution < 1.29 is 4.79 Å². The lowest BCUT2D eigenvalue weighted by atomic mass is 9.98. The Bertz CT molecular complexity index is 237. The molecule has 0 aromatic heterocycles. The summed E-state index contributed by atoms with van der Waals surface area (Å²) in [5.41, 5.74) is 6.00. The van der Waals surface area contributed by atoms with Crippen molar-refractivity contribution in [3.63, 3.8) is 0 Å². The Kier molecular flexibility index (Phi) is 4.37. The van der Waals surface area contributed by atoms with E-state index in [-0.39, 0.29) is 18.3 Å². The van der Waals surface area contributed by atoms with E-state index < -0.39 is 0 Å². The summed E-state index contributed by atoms with van der Waals surface area (Å²) < 4.78 is 0. The van der Waals surface area contributed by atoms with Gasteiger partial charge in [-0.15, -0.1) is 12.4 Å². The molecule has 0 radical (unpaired) electrons. The number of nitrogens with two attached hydrogens (primary N) is 1. The van der Waals surface area contributed by atoms with E-state index in [0.29, 0.717) is 24.4 Å². The predicted octanol–water partition coefficient (Wildman–Crippen LogP) is -0.177. The van der Waals surface area contributed by atoms with Gasteiger partial charge in [-0.3, -0.25) is 4.79 Å². The van der Waals surface area contributed by atoms with Crippen molar-refractivity contribution in [3.05, 3.63) is 0 Å². The highest BCUT2D eigenvalue weighted by atomic mass is 35.5. The average molecular weight is 234 g/mol. The topological polar surface area (TPSA) is 58.4 Å². The number of nitrogens with zero attached hydrogens (tertiary/aromatic N) is 1. The molecule has 3 atom stereocenters. The second kappa shape index (κ2) is 5.14. The molecule has 0 bridgehead atoms. The molecule has 1 aliphatic carbocycles. The van der Waals surface area contributed by atoms with Crippen LogP contribution < -0.4 is 11.1 Å². The molecule has 3 unspecified atom stereocenters. The number of likely N-dealkylation sites (N-methyl/N-ethyl adjacent to an activating group) is 1. The Morgan fingerprint density at radius 1 is 1.47 bits per heavy atom. The number of rotatable bonds is 2. The monoisotopic (exact) mass is 233 g/mol. The van der Waals surface area contributed by atoms with E-state index in [2.05, 4.69) is 5.32 Å². The molecule has 2 rings (SSSR count). The Balaban J connectivity index is 0.00000112. The molecule has 1 saturated heterocycles. The molecule has 1 heterocycles. The average Bonchev–Trinajstić information content (AvgIpc) is 2.69. The molecule has 1 amide bonds. The van der Waals surface area contributed by atoms with Crippen LogP contribution in [-0.2, 0) is 4.79 Å². The summed E-state index contributed by atoms with van der Waals surface area (Å²) in [7, 11) is 1.81. The van der Waals surface area contributed by atoms with Crippen LogP contribution in [0.15, 0.2) is 0 Å². The van der Waals surface area contributed by atoms with Crippen molar-refractivity contribution in [2.75, 3.05) is 26.7 Å². The number of likely N-dealkylation sites (tertiary alicyclic amines) is 1. The summed E-state index contributed by atoms with van der Waals surface area (Å²) in [6, 6.07) is 0.326. The van der Waals surface area contributed by atoms with Gasteiger partial charge in [0.2, 0.25) is 5.91 Å². The maximum Gasteiger partial charge on any atom is 0.236 e. The van der Waals surface area contributed by atoms with Gasteiger partial charge in [0.25, 0.3) is 0 Å². The fourth-order valence-electron chi connectivity index (χ4n) is 2.77. The van der Waals surface area contributed by atoms with Gasteiger partial charge in [0.15, 0.2) is 0 Å². The van der Waals surface area contributed by atoms with Gasteiger partial charge in [-0.1, -0.05) is 0 Å². The molecular formula is C10H20ClN3O. The van der Waals surface area contributed by atoms with Crippen LogP contribution in [0.3, 0.4) is 0 Å². The van der Waals surface area contributed by atoms with Gasteiger partial charge in [0.05, 0.1) is 6.54 Å². The predicted molar refractivity (Wildman–Crippen MR) is 61.9 cm³/mol. The maximum atomic E-state index is 11.6. The molecular weight excluding hydrogens is 214 g/mol. The van der Waals surface area contributed by atoms with Crippen molar-refractivity contribution >= 4 is 18.3 Å². The standard InChI is InChI=1S/C10H19N3O.ClH/c1-12-4-10(14)13-5-7-2-3-9(11)8(7)6-13;/h7-9,12H,2-6,11H2,1H3;1H. The van der Waals surface area contributed by atoms with Gasteiger partial charge < -0.3 is 16.0 Å². The molecule has 0 spiro atoms. The zero-order valence-electron chi connectivity index (χ0n) is 9.11. The molecule has 2 fully saturated rings. The van der Waals surface area contributed by atoms with Crippen molar-refractivity contribution in [1.82, 2.24) is 10.2 Å². The first-order chi connectivity index (χ1) is 6.72. The minimum absolute atomic E-state index is 0. The third-order valence-corrected chi connectivity index (χ3v) is 3.59. The Hall–Kier alpha value is -0.320. The van der Waals surface area contributed by atoms with Crippen molar-refractivity contribution in [3.8, 4) is 0 Å². The Morgan fingerprint density at radius 2 is 2.20 bits per heavy atom. The van der Waals surface area contributed by atoms with Crippen molar-refractivity contribution in [2.45, 2.75) is 18.9 Å². The number of carbonyl (C=O) groups is 1. The van der Waals surface area contributed by atoms with Crippen molar-refractivity contribution in [2.24, 2.45) is 17.6 Å². The van der Waals surface area contributed by atoms with E-state index in [1.165, 1.54) is 6.42 Å². The third kappa shape index (κ3) is 2.44. The summed E-state index contributed by atoms with van der Waals surface area (Å²) in [5, 5.41) is 2.90. The fourth-order valence-corrected chi connectivity index (χ4v) is 2.77. The molecule has 88 valence electrons.